The van der Waals surface area contributed by atoms with Gasteiger partial charge in [0.1, 0.15) is 0 Å². The van der Waals surface area contributed by atoms with Crippen molar-refractivity contribution in [3.63, 3.8) is 0 Å². The van der Waals surface area contributed by atoms with Gasteiger partial charge in [-0.2, -0.15) is 0 Å². The molecule has 5 nitrogen and oxygen atoms in total. The lowest BCUT2D eigenvalue weighted by Gasteiger charge is -2.28. The van der Waals surface area contributed by atoms with E-state index >= 15 is 0 Å². The van der Waals surface area contributed by atoms with Crippen LogP contribution >= 0.6 is 0 Å². The number of aliphatic carboxylic acids is 1. The molecule has 1 fully saturated rings. The van der Waals surface area contributed by atoms with Crippen LogP contribution in [0.1, 0.15) is 42.5 Å². The average Bonchev–Trinajstić information content (AvgIpc) is 2.85. The maximum absolute atomic E-state index is 13.6. The Morgan fingerprint density at radius 2 is 2.05 bits per heavy atom. The van der Waals surface area contributed by atoms with E-state index in [-0.39, 0.29) is 17.7 Å². The molecule has 0 atom stereocenters. The van der Waals surface area contributed by atoms with Gasteiger partial charge >= 0.3 is 5.97 Å². The van der Waals surface area contributed by atoms with E-state index in [0.717, 1.165) is 18.9 Å². The Morgan fingerprint density at radius 3 is 2.57 bits per heavy atom. The number of amides is 1. The molecule has 0 unspecified atom stereocenters. The Hall–Kier alpha value is -2.11. The number of rotatable bonds is 5. The molecule has 21 heavy (non-hydrogen) atoms. The molecule has 2 N–H and O–H groups in total. The number of ether oxygens (including phenoxy) is 1. The maximum Gasteiger partial charge on any atom is 0.305 e. The van der Waals surface area contributed by atoms with Crippen molar-refractivity contribution in [2.45, 2.75) is 37.6 Å². The van der Waals surface area contributed by atoms with E-state index in [2.05, 4.69) is 5.32 Å². The van der Waals surface area contributed by atoms with Crippen LogP contribution < -0.4 is 10.1 Å². The first-order chi connectivity index (χ1) is 9.96. The van der Waals surface area contributed by atoms with Gasteiger partial charge in [0.05, 0.1) is 19.1 Å². The molecular formula is C15H18FNO4. The lowest BCUT2D eigenvalue weighted by atomic mass is 9.92. The molecule has 1 aromatic rings. The summed E-state index contributed by atoms with van der Waals surface area (Å²) in [7, 11) is 1.35. The molecule has 1 aliphatic rings. The zero-order chi connectivity index (χ0) is 15.5. The third-order valence-corrected chi connectivity index (χ3v) is 3.84. The van der Waals surface area contributed by atoms with Gasteiger partial charge in [-0.15, -0.1) is 0 Å². The largest absolute Gasteiger partial charge is 0.494 e. The lowest BCUT2D eigenvalue weighted by Crippen LogP contribution is -2.47. The number of halogens is 1. The van der Waals surface area contributed by atoms with Crippen LogP contribution in [0.3, 0.4) is 0 Å². The fourth-order valence-corrected chi connectivity index (χ4v) is 2.81. The minimum Gasteiger partial charge on any atom is -0.494 e. The number of benzene rings is 1. The van der Waals surface area contributed by atoms with Crippen molar-refractivity contribution in [1.82, 2.24) is 5.32 Å². The lowest BCUT2D eigenvalue weighted by molar-refractivity contribution is -0.138. The van der Waals surface area contributed by atoms with E-state index in [1.54, 1.807) is 0 Å². The van der Waals surface area contributed by atoms with E-state index in [1.807, 2.05) is 0 Å². The molecule has 0 aromatic heterocycles. The van der Waals surface area contributed by atoms with Crippen LogP contribution in [0.2, 0.25) is 0 Å². The summed E-state index contributed by atoms with van der Waals surface area (Å²) in [6.45, 7) is 0. The highest BCUT2D eigenvalue weighted by Gasteiger charge is 2.37. The molecular weight excluding hydrogens is 277 g/mol. The highest BCUT2D eigenvalue weighted by molar-refractivity contribution is 5.95. The van der Waals surface area contributed by atoms with Gasteiger partial charge in [-0.1, -0.05) is 12.8 Å². The zero-order valence-electron chi connectivity index (χ0n) is 11.8. The first kappa shape index (κ1) is 15.3. The van der Waals surface area contributed by atoms with Gasteiger partial charge in [0.15, 0.2) is 11.6 Å². The van der Waals surface area contributed by atoms with Crippen LogP contribution in [0.5, 0.6) is 5.75 Å². The highest BCUT2D eigenvalue weighted by Crippen LogP contribution is 2.33. The van der Waals surface area contributed by atoms with Crippen LogP contribution in [0.4, 0.5) is 4.39 Å². The van der Waals surface area contributed by atoms with Crippen LogP contribution in [0.15, 0.2) is 18.2 Å². The highest BCUT2D eigenvalue weighted by atomic mass is 19.1. The Balaban J connectivity index is 2.15. The Labute approximate surface area is 122 Å². The number of carbonyl (C=O) groups is 2. The maximum atomic E-state index is 13.6. The van der Waals surface area contributed by atoms with E-state index in [0.29, 0.717) is 12.8 Å². The number of carboxylic acid groups (broad SMARTS) is 1. The summed E-state index contributed by atoms with van der Waals surface area (Å²) in [6, 6.07) is 3.93. The minimum atomic E-state index is -0.946. The third kappa shape index (κ3) is 3.51. The van der Waals surface area contributed by atoms with Crippen LogP contribution in [-0.4, -0.2) is 29.6 Å². The molecule has 1 aromatic carbocycles. The van der Waals surface area contributed by atoms with Gasteiger partial charge in [0.25, 0.3) is 5.91 Å². The van der Waals surface area contributed by atoms with Gasteiger partial charge in [0.2, 0.25) is 0 Å². The predicted octanol–water partition coefficient (Wildman–Crippen LogP) is 2.35. The van der Waals surface area contributed by atoms with Crippen LogP contribution in [-0.2, 0) is 4.79 Å². The molecule has 1 aliphatic carbocycles. The fourth-order valence-electron chi connectivity index (χ4n) is 2.81. The normalized spacial score (nSPS) is 16.5. The Morgan fingerprint density at radius 1 is 1.38 bits per heavy atom. The van der Waals surface area contributed by atoms with E-state index < -0.39 is 23.2 Å². The number of carboxylic acids is 1. The molecule has 114 valence electrons. The van der Waals surface area contributed by atoms with Crippen molar-refractivity contribution in [3.05, 3.63) is 29.6 Å². The summed E-state index contributed by atoms with van der Waals surface area (Å²) < 4.78 is 18.4. The molecule has 1 amide bonds. The van der Waals surface area contributed by atoms with Crippen molar-refractivity contribution in [3.8, 4) is 5.75 Å². The van der Waals surface area contributed by atoms with Crippen molar-refractivity contribution < 1.29 is 23.8 Å². The summed E-state index contributed by atoms with van der Waals surface area (Å²) in [4.78, 5) is 23.2. The van der Waals surface area contributed by atoms with Crippen molar-refractivity contribution >= 4 is 11.9 Å². The van der Waals surface area contributed by atoms with Gasteiger partial charge in [0, 0.05) is 5.56 Å². The minimum absolute atomic E-state index is 0.0627. The molecule has 0 heterocycles. The summed E-state index contributed by atoms with van der Waals surface area (Å²) >= 11 is 0. The van der Waals surface area contributed by atoms with Crippen LogP contribution in [0, 0.1) is 5.82 Å². The summed E-state index contributed by atoms with van der Waals surface area (Å²) in [5.41, 5.74) is -0.566. The fraction of sp³-hybridized carbons (Fsp3) is 0.467. The van der Waals surface area contributed by atoms with Crippen LogP contribution in [0.25, 0.3) is 0 Å². The summed E-state index contributed by atoms with van der Waals surface area (Å²) in [5, 5.41) is 11.8. The smallest absolute Gasteiger partial charge is 0.305 e. The SMILES string of the molecule is COc1ccc(C(=O)NC2(CC(=O)O)CCCC2)cc1F. The molecule has 1 saturated carbocycles. The monoisotopic (exact) mass is 295 g/mol. The Kier molecular flexibility index (Phi) is 4.45. The number of carbonyl (C=O) groups excluding carboxylic acids is 1. The number of hydrogen-bond acceptors (Lipinski definition) is 3. The molecule has 2 rings (SSSR count). The second-order valence-corrected chi connectivity index (χ2v) is 5.36. The first-order valence-corrected chi connectivity index (χ1v) is 6.84. The van der Waals surface area contributed by atoms with Crippen molar-refractivity contribution in [1.29, 1.82) is 0 Å². The Bertz CT molecular complexity index is 553. The van der Waals surface area contributed by atoms with Crippen molar-refractivity contribution in [2.24, 2.45) is 0 Å². The average molecular weight is 295 g/mol. The summed E-state index contributed by atoms with van der Waals surface area (Å²) in [6.07, 6.45) is 2.90. The van der Waals surface area contributed by atoms with Gasteiger partial charge in [-0.05, 0) is 31.0 Å². The van der Waals surface area contributed by atoms with Gasteiger partial charge in [-0.25, -0.2) is 4.39 Å². The van der Waals surface area contributed by atoms with E-state index in [4.69, 9.17) is 9.84 Å². The van der Waals surface area contributed by atoms with Gasteiger partial charge < -0.3 is 15.2 Å². The molecule has 0 radical (unpaired) electrons. The molecule has 0 aliphatic heterocycles. The molecule has 0 bridgehead atoms. The molecule has 0 saturated heterocycles. The number of hydrogen-bond donors (Lipinski definition) is 2. The number of nitrogens with one attached hydrogen (secondary N) is 1. The predicted molar refractivity (Wildman–Crippen MR) is 73.9 cm³/mol. The first-order valence-electron chi connectivity index (χ1n) is 6.84. The van der Waals surface area contributed by atoms with Gasteiger partial charge in [-0.3, -0.25) is 9.59 Å². The third-order valence-electron chi connectivity index (χ3n) is 3.84. The van der Waals surface area contributed by atoms with E-state index in [1.165, 1.54) is 19.2 Å². The second-order valence-electron chi connectivity index (χ2n) is 5.36. The topological polar surface area (TPSA) is 75.6 Å². The molecule has 0 spiro atoms. The second kappa shape index (κ2) is 6.11. The zero-order valence-corrected chi connectivity index (χ0v) is 11.8. The quantitative estimate of drug-likeness (QED) is 0.874. The standard InChI is InChI=1S/C15H18FNO4/c1-21-12-5-4-10(8-11(12)16)14(20)17-15(9-13(18)19)6-2-3-7-15/h4-5,8H,2-3,6-7,9H2,1H3,(H,17,20)(H,18,19). The van der Waals surface area contributed by atoms with Crippen molar-refractivity contribution in [2.75, 3.05) is 7.11 Å². The number of methoxy groups -OCH3 is 1. The summed E-state index contributed by atoms with van der Waals surface area (Å²) in [5.74, 6) is -1.96. The van der Waals surface area contributed by atoms with E-state index in [9.17, 15) is 14.0 Å². The molecule has 6 heteroatoms.